The van der Waals surface area contributed by atoms with Crippen molar-refractivity contribution in [1.82, 2.24) is 16.0 Å². The molecule has 0 saturated heterocycles. The second kappa shape index (κ2) is 16.0. The van der Waals surface area contributed by atoms with Gasteiger partial charge >= 0.3 is 12.0 Å². The standard InChI is InChI=1S/C34H42N6O6S2/c1-20(31(42)37-26(17-21-7-11-24(41)12-8-21)32(43)36-25(33(44)45)15-16-47-6)35-34(46)40-27-13-9-22(38(2)3)18-29(27)48-30-19-23(39(4)5)10-14-28(30)40/h7-14,18-20,25-26,41H,15-17H2,1-6H3,(H,35,46)(H,36,43)(H,37,42)(H,44,45)/t20-,25+,26+/m0/s1. The number of aromatic hydroxyl groups is 1. The predicted molar refractivity (Wildman–Crippen MR) is 192 cm³/mol. The quantitative estimate of drug-likeness (QED) is 0.175. The molecule has 0 aliphatic carbocycles. The lowest BCUT2D eigenvalue weighted by Crippen LogP contribution is -2.56. The minimum absolute atomic E-state index is 0.0277. The fourth-order valence-electron chi connectivity index (χ4n) is 5.02. The average molecular weight is 695 g/mol. The number of aliphatic carboxylic acids is 1. The van der Waals surface area contributed by atoms with Crippen LogP contribution in [0.3, 0.4) is 0 Å². The molecule has 5 N–H and O–H groups in total. The number of amides is 4. The molecular formula is C34H42N6O6S2. The number of carbonyl (C=O) groups excluding carboxylic acids is 3. The summed E-state index contributed by atoms with van der Waals surface area (Å²) in [5.74, 6) is -1.92. The molecule has 0 spiro atoms. The second-order valence-corrected chi connectivity index (χ2v) is 13.9. The molecule has 1 aliphatic heterocycles. The fourth-order valence-corrected chi connectivity index (χ4v) is 6.61. The van der Waals surface area contributed by atoms with Crippen molar-refractivity contribution in [3.63, 3.8) is 0 Å². The van der Waals surface area contributed by atoms with E-state index in [0.29, 0.717) is 22.7 Å². The van der Waals surface area contributed by atoms with Crippen LogP contribution in [0.5, 0.6) is 5.75 Å². The molecule has 4 amide bonds. The predicted octanol–water partition coefficient (Wildman–Crippen LogP) is 4.28. The molecule has 0 saturated carbocycles. The number of anilines is 4. The summed E-state index contributed by atoms with van der Waals surface area (Å²) < 4.78 is 0. The first-order valence-electron chi connectivity index (χ1n) is 15.3. The number of carboxylic acids is 1. The van der Waals surface area contributed by atoms with E-state index in [1.165, 1.54) is 30.8 Å². The number of fused-ring (bicyclic) bond motifs is 2. The molecule has 14 heteroatoms. The van der Waals surface area contributed by atoms with Crippen molar-refractivity contribution in [3.8, 4) is 5.75 Å². The van der Waals surface area contributed by atoms with Crippen LogP contribution in [0.1, 0.15) is 18.9 Å². The normalized spacial score (nSPS) is 13.7. The van der Waals surface area contributed by atoms with Gasteiger partial charge in [-0.05, 0) is 79.4 Å². The lowest BCUT2D eigenvalue weighted by atomic mass is 10.0. The van der Waals surface area contributed by atoms with Gasteiger partial charge in [-0.1, -0.05) is 23.9 Å². The number of phenolic OH excluding ortho intramolecular Hbond substituents is 1. The van der Waals surface area contributed by atoms with E-state index in [0.717, 1.165) is 21.2 Å². The van der Waals surface area contributed by atoms with Gasteiger partial charge in [-0.25, -0.2) is 9.59 Å². The number of carboxylic acid groups (broad SMARTS) is 1. The summed E-state index contributed by atoms with van der Waals surface area (Å²) in [4.78, 5) is 60.0. The van der Waals surface area contributed by atoms with Crippen LogP contribution in [-0.2, 0) is 20.8 Å². The van der Waals surface area contributed by atoms with Crippen LogP contribution in [0.15, 0.2) is 70.5 Å². The lowest BCUT2D eigenvalue weighted by Gasteiger charge is -2.33. The van der Waals surface area contributed by atoms with Gasteiger partial charge in [0, 0.05) is 55.8 Å². The third-order valence-electron chi connectivity index (χ3n) is 7.79. The maximum atomic E-state index is 14.0. The Kier molecular flexibility index (Phi) is 12.1. The minimum atomic E-state index is -1.18. The molecular weight excluding hydrogens is 653 g/mol. The highest BCUT2D eigenvalue weighted by atomic mass is 32.2. The highest BCUT2D eigenvalue weighted by molar-refractivity contribution is 7.99. The Morgan fingerprint density at radius 3 is 1.85 bits per heavy atom. The summed E-state index contributed by atoms with van der Waals surface area (Å²) in [5, 5.41) is 27.4. The van der Waals surface area contributed by atoms with Gasteiger partial charge in [-0.3, -0.25) is 14.5 Å². The van der Waals surface area contributed by atoms with Crippen molar-refractivity contribution in [2.24, 2.45) is 0 Å². The number of phenols is 1. The first-order chi connectivity index (χ1) is 22.8. The Labute approximate surface area is 289 Å². The molecule has 0 aromatic heterocycles. The number of nitrogens with one attached hydrogen (secondary N) is 3. The van der Waals surface area contributed by atoms with Crippen molar-refractivity contribution < 1.29 is 29.4 Å². The SMILES string of the molecule is CSCC[C@@H](NC(=O)[C@@H](Cc1ccc(O)cc1)NC(=O)[C@H](C)NC(=O)N1c2ccc(N(C)C)cc2Sc2cc(N(C)C)ccc21)C(=O)O. The van der Waals surface area contributed by atoms with Gasteiger partial charge in [0.05, 0.1) is 11.4 Å². The Morgan fingerprint density at radius 1 is 0.812 bits per heavy atom. The highest BCUT2D eigenvalue weighted by Gasteiger charge is 2.32. The molecule has 3 aromatic rings. The van der Waals surface area contributed by atoms with Gasteiger partial charge in [0.25, 0.3) is 0 Å². The average Bonchev–Trinajstić information content (AvgIpc) is 3.04. The number of urea groups is 1. The van der Waals surface area contributed by atoms with Crippen LogP contribution in [0, 0.1) is 0 Å². The van der Waals surface area contributed by atoms with E-state index >= 15 is 0 Å². The number of nitrogens with zero attached hydrogens (tertiary/aromatic N) is 3. The first-order valence-corrected chi connectivity index (χ1v) is 17.5. The summed E-state index contributed by atoms with van der Waals surface area (Å²) in [6.45, 7) is 1.52. The first kappa shape index (κ1) is 36.3. The molecule has 256 valence electrons. The van der Waals surface area contributed by atoms with Crippen molar-refractivity contribution >= 4 is 70.1 Å². The van der Waals surface area contributed by atoms with E-state index in [4.69, 9.17) is 0 Å². The molecule has 0 fully saturated rings. The number of rotatable bonds is 13. The van der Waals surface area contributed by atoms with Gasteiger partial charge in [0.15, 0.2) is 0 Å². The number of thioether (sulfide) groups is 1. The highest BCUT2D eigenvalue weighted by Crippen LogP contribution is 2.50. The van der Waals surface area contributed by atoms with Crippen LogP contribution >= 0.6 is 23.5 Å². The molecule has 0 bridgehead atoms. The van der Waals surface area contributed by atoms with Crippen LogP contribution < -0.4 is 30.7 Å². The van der Waals surface area contributed by atoms with Gasteiger partial charge in [-0.2, -0.15) is 11.8 Å². The Bertz CT molecular complexity index is 1590. The van der Waals surface area contributed by atoms with Crippen LogP contribution in [0.2, 0.25) is 0 Å². The largest absolute Gasteiger partial charge is 0.508 e. The Morgan fingerprint density at radius 2 is 1.35 bits per heavy atom. The van der Waals surface area contributed by atoms with E-state index in [9.17, 15) is 29.4 Å². The van der Waals surface area contributed by atoms with Crippen molar-refractivity contribution in [2.75, 3.05) is 54.9 Å². The smallest absolute Gasteiger partial charge is 0.327 e. The molecule has 1 heterocycles. The molecule has 12 nitrogen and oxygen atoms in total. The summed E-state index contributed by atoms with van der Waals surface area (Å²) in [5.41, 5.74) is 3.90. The number of hydrogen-bond donors (Lipinski definition) is 5. The Hall–Kier alpha value is -4.56. The maximum Gasteiger partial charge on any atom is 0.327 e. The third-order valence-corrected chi connectivity index (χ3v) is 9.53. The third kappa shape index (κ3) is 8.86. The van der Waals surface area contributed by atoms with Crippen molar-refractivity contribution in [2.45, 2.75) is 47.7 Å². The molecule has 48 heavy (non-hydrogen) atoms. The monoisotopic (exact) mass is 694 g/mol. The molecule has 0 radical (unpaired) electrons. The van der Waals surface area contributed by atoms with Crippen molar-refractivity contribution in [1.29, 1.82) is 0 Å². The van der Waals surface area contributed by atoms with Gasteiger partial charge < -0.3 is 36.0 Å². The van der Waals surface area contributed by atoms with Crippen LogP contribution in [0.4, 0.5) is 27.5 Å². The topological polar surface area (TPSA) is 155 Å². The Balaban J connectivity index is 1.57. The van der Waals surface area contributed by atoms with E-state index in [-0.39, 0.29) is 18.6 Å². The summed E-state index contributed by atoms with van der Waals surface area (Å²) in [6, 6.07) is 13.9. The van der Waals surface area contributed by atoms with E-state index < -0.39 is 41.9 Å². The molecule has 0 unspecified atom stereocenters. The molecule has 3 aromatic carbocycles. The summed E-state index contributed by atoms with van der Waals surface area (Å²) in [6.07, 6.45) is 2.07. The number of carbonyl (C=O) groups is 4. The molecule has 3 atom stereocenters. The van der Waals surface area contributed by atoms with Gasteiger partial charge in [-0.15, -0.1) is 0 Å². The lowest BCUT2D eigenvalue weighted by molar-refractivity contribution is -0.142. The zero-order valence-electron chi connectivity index (χ0n) is 27.8. The number of hydrogen-bond acceptors (Lipinski definition) is 9. The molecule has 4 rings (SSSR count). The summed E-state index contributed by atoms with van der Waals surface area (Å²) >= 11 is 3.02. The van der Waals surface area contributed by atoms with Gasteiger partial charge in [0.1, 0.15) is 23.9 Å². The maximum absolute atomic E-state index is 14.0. The molecule has 1 aliphatic rings. The minimum Gasteiger partial charge on any atom is -0.508 e. The van der Waals surface area contributed by atoms with Crippen LogP contribution in [0.25, 0.3) is 0 Å². The van der Waals surface area contributed by atoms with E-state index in [2.05, 4.69) is 16.0 Å². The number of benzene rings is 3. The van der Waals surface area contributed by atoms with E-state index in [1.54, 1.807) is 28.8 Å². The summed E-state index contributed by atoms with van der Waals surface area (Å²) in [7, 11) is 7.78. The van der Waals surface area contributed by atoms with E-state index in [1.807, 2.05) is 80.6 Å². The fraction of sp³-hybridized carbons (Fsp3) is 0.353. The zero-order valence-corrected chi connectivity index (χ0v) is 29.4. The zero-order chi connectivity index (χ0) is 35.1. The van der Waals surface area contributed by atoms with Crippen LogP contribution in [-0.4, -0.2) is 92.4 Å². The van der Waals surface area contributed by atoms with Crippen molar-refractivity contribution in [3.05, 3.63) is 66.2 Å². The van der Waals surface area contributed by atoms with Gasteiger partial charge in [0.2, 0.25) is 11.8 Å². The second-order valence-electron chi connectivity index (χ2n) is 11.8.